The van der Waals surface area contributed by atoms with Crippen LogP contribution in [0.3, 0.4) is 0 Å². The highest BCUT2D eigenvalue weighted by atomic mass is 16.5. The van der Waals surface area contributed by atoms with Crippen molar-refractivity contribution < 1.29 is 9.53 Å². The molecule has 1 fully saturated rings. The highest BCUT2D eigenvalue weighted by Gasteiger charge is 2.19. The van der Waals surface area contributed by atoms with Gasteiger partial charge in [-0.3, -0.25) is 9.59 Å². The molecule has 1 aliphatic heterocycles. The quantitative estimate of drug-likeness (QED) is 0.230. The van der Waals surface area contributed by atoms with E-state index in [0.29, 0.717) is 46.5 Å². The van der Waals surface area contributed by atoms with E-state index >= 15 is 0 Å². The largest absolute Gasteiger partial charge is 0.463 e. The van der Waals surface area contributed by atoms with Crippen LogP contribution in [0.15, 0.2) is 59.5 Å². The molecule has 1 atom stereocenters. The number of amides is 1. The summed E-state index contributed by atoms with van der Waals surface area (Å²) in [5.41, 5.74) is 5.17. The zero-order chi connectivity index (χ0) is 29.9. The highest BCUT2D eigenvalue weighted by Crippen LogP contribution is 2.32. The second-order valence-electron chi connectivity index (χ2n) is 11.7. The van der Waals surface area contributed by atoms with Crippen LogP contribution in [0, 0.1) is 19.8 Å². The molecule has 2 aromatic heterocycles. The fourth-order valence-corrected chi connectivity index (χ4v) is 4.95. The zero-order valence-electron chi connectivity index (χ0n) is 24.7. The van der Waals surface area contributed by atoms with Crippen LogP contribution in [-0.2, 0) is 5.41 Å². The molecule has 0 saturated carbocycles. The SMILES string of the molecule is Cc1c(NC(=O)c2ccc(C(C)(C)C)cc2)cccc1-c1n[nH]c(=O)c(Nc2ccnc(OCC3CCNC3)n2)c1C. The van der Waals surface area contributed by atoms with Crippen LogP contribution < -0.4 is 26.2 Å². The van der Waals surface area contributed by atoms with Gasteiger partial charge in [0, 0.05) is 41.0 Å². The third-order valence-electron chi connectivity index (χ3n) is 7.57. The molecule has 42 heavy (non-hydrogen) atoms. The van der Waals surface area contributed by atoms with Crippen LogP contribution in [-0.4, -0.2) is 45.8 Å². The number of hydrogen-bond acceptors (Lipinski definition) is 8. The Morgan fingerprint density at radius 3 is 2.57 bits per heavy atom. The maximum absolute atomic E-state index is 13.1. The first-order valence-electron chi connectivity index (χ1n) is 14.1. The third kappa shape index (κ3) is 6.49. The average Bonchev–Trinajstić information content (AvgIpc) is 3.49. The molecule has 4 aromatic rings. The van der Waals surface area contributed by atoms with Crippen LogP contribution in [0.4, 0.5) is 17.2 Å². The minimum Gasteiger partial charge on any atom is -0.463 e. The number of hydrogen-bond donors (Lipinski definition) is 4. The van der Waals surface area contributed by atoms with Gasteiger partial charge in [0.15, 0.2) is 0 Å². The highest BCUT2D eigenvalue weighted by molar-refractivity contribution is 6.05. The van der Waals surface area contributed by atoms with E-state index in [0.717, 1.165) is 36.2 Å². The normalized spacial score (nSPS) is 14.9. The van der Waals surface area contributed by atoms with Gasteiger partial charge in [0.05, 0.1) is 12.3 Å². The second-order valence-corrected chi connectivity index (χ2v) is 11.7. The maximum atomic E-state index is 13.1. The lowest BCUT2D eigenvalue weighted by Crippen LogP contribution is -2.18. The Morgan fingerprint density at radius 1 is 1.07 bits per heavy atom. The predicted octanol–water partition coefficient (Wildman–Crippen LogP) is 5.13. The van der Waals surface area contributed by atoms with Crippen molar-refractivity contribution in [3.8, 4) is 17.3 Å². The number of aromatic amines is 1. The second kappa shape index (κ2) is 12.1. The van der Waals surface area contributed by atoms with Crippen molar-refractivity contribution >= 4 is 23.1 Å². The first-order valence-corrected chi connectivity index (χ1v) is 14.1. The molecular weight excluding hydrogens is 530 g/mol. The van der Waals surface area contributed by atoms with Gasteiger partial charge < -0.3 is 20.7 Å². The Morgan fingerprint density at radius 2 is 1.86 bits per heavy atom. The van der Waals surface area contributed by atoms with E-state index in [2.05, 4.69) is 56.9 Å². The van der Waals surface area contributed by atoms with Crippen LogP contribution in [0.1, 0.15) is 54.2 Å². The number of carbonyl (C=O) groups is 1. The molecule has 5 rings (SSSR count). The summed E-state index contributed by atoms with van der Waals surface area (Å²) in [4.78, 5) is 34.6. The summed E-state index contributed by atoms with van der Waals surface area (Å²) in [7, 11) is 0. The molecule has 0 spiro atoms. The number of H-pyrrole nitrogens is 1. The summed E-state index contributed by atoms with van der Waals surface area (Å²) in [5.74, 6) is 0.663. The van der Waals surface area contributed by atoms with Gasteiger partial charge in [-0.25, -0.2) is 10.1 Å². The molecule has 10 heteroatoms. The maximum Gasteiger partial charge on any atom is 0.318 e. The Kier molecular flexibility index (Phi) is 8.35. The topological polar surface area (TPSA) is 134 Å². The van der Waals surface area contributed by atoms with Crippen molar-refractivity contribution in [3.63, 3.8) is 0 Å². The summed E-state index contributed by atoms with van der Waals surface area (Å²) in [6.45, 7) is 12.6. The number of nitrogens with zero attached hydrogens (tertiary/aromatic N) is 3. The van der Waals surface area contributed by atoms with E-state index in [1.54, 1.807) is 12.3 Å². The molecule has 1 unspecified atom stereocenters. The van der Waals surface area contributed by atoms with E-state index < -0.39 is 0 Å². The number of benzene rings is 2. The number of aromatic nitrogens is 4. The summed E-state index contributed by atoms with van der Waals surface area (Å²) in [6, 6.07) is 15.2. The van der Waals surface area contributed by atoms with E-state index in [-0.39, 0.29) is 22.9 Å². The Bertz CT molecular complexity index is 1640. The Hall–Kier alpha value is -4.57. The van der Waals surface area contributed by atoms with Crippen LogP contribution in [0.2, 0.25) is 0 Å². The Balaban J connectivity index is 1.36. The molecule has 1 amide bonds. The standard InChI is InChI=1S/C32H37N7O3/c1-19-24(7-6-8-25(19)35-29(40)22-9-11-23(12-10-22)32(3,4)5)27-20(2)28(30(41)39-38-27)36-26-14-16-34-31(37-26)42-18-21-13-15-33-17-21/h6-12,14,16,21,33H,13,15,17-18H2,1-5H3,(H,35,40)(H,39,41)(H,34,36,37,38). The lowest BCUT2D eigenvalue weighted by Gasteiger charge is -2.19. The fraction of sp³-hybridized carbons (Fsp3) is 0.344. The number of rotatable bonds is 8. The van der Waals surface area contributed by atoms with Gasteiger partial charge in [-0.1, -0.05) is 45.0 Å². The molecule has 0 aliphatic carbocycles. The van der Waals surface area contributed by atoms with Crippen molar-refractivity contribution in [1.29, 1.82) is 0 Å². The summed E-state index contributed by atoms with van der Waals surface area (Å²) in [6.07, 6.45) is 2.65. The van der Waals surface area contributed by atoms with Crippen molar-refractivity contribution in [2.45, 2.75) is 46.5 Å². The predicted molar refractivity (Wildman–Crippen MR) is 165 cm³/mol. The molecule has 218 valence electrons. The molecule has 3 heterocycles. The minimum atomic E-state index is -0.379. The Labute approximate surface area is 245 Å². The van der Waals surface area contributed by atoms with Gasteiger partial charge in [0.1, 0.15) is 11.5 Å². The number of anilines is 3. The van der Waals surface area contributed by atoms with Crippen LogP contribution in [0.5, 0.6) is 6.01 Å². The van der Waals surface area contributed by atoms with Crippen molar-refractivity contribution in [3.05, 3.63) is 87.3 Å². The van der Waals surface area contributed by atoms with E-state index in [4.69, 9.17) is 4.74 Å². The molecule has 0 bridgehead atoms. The van der Waals surface area contributed by atoms with Crippen molar-refractivity contribution in [2.75, 3.05) is 30.3 Å². The lowest BCUT2D eigenvalue weighted by molar-refractivity contribution is 0.102. The van der Waals surface area contributed by atoms with E-state index in [9.17, 15) is 9.59 Å². The molecular formula is C32H37N7O3. The summed E-state index contributed by atoms with van der Waals surface area (Å²) < 4.78 is 5.80. The number of nitrogens with one attached hydrogen (secondary N) is 4. The zero-order valence-corrected chi connectivity index (χ0v) is 24.7. The molecule has 2 aromatic carbocycles. The fourth-order valence-electron chi connectivity index (χ4n) is 4.95. The van der Waals surface area contributed by atoms with Crippen molar-refractivity contribution in [1.82, 2.24) is 25.5 Å². The van der Waals surface area contributed by atoms with Gasteiger partial charge in [-0.15, -0.1) is 0 Å². The molecule has 1 aliphatic rings. The average molecular weight is 568 g/mol. The smallest absolute Gasteiger partial charge is 0.318 e. The monoisotopic (exact) mass is 567 g/mol. The molecule has 10 nitrogen and oxygen atoms in total. The number of ether oxygens (including phenoxy) is 1. The molecule has 0 radical (unpaired) electrons. The van der Waals surface area contributed by atoms with Crippen molar-refractivity contribution in [2.24, 2.45) is 5.92 Å². The van der Waals surface area contributed by atoms with Crippen LogP contribution in [0.25, 0.3) is 11.3 Å². The first kappa shape index (κ1) is 28.9. The summed E-state index contributed by atoms with van der Waals surface area (Å²) in [5, 5.41) is 16.4. The molecule has 4 N–H and O–H groups in total. The summed E-state index contributed by atoms with van der Waals surface area (Å²) >= 11 is 0. The molecule has 1 saturated heterocycles. The van der Waals surface area contributed by atoms with Gasteiger partial charge in [0.25, 0.3) is 11.5 Å². The minimum absolute atomic E-state index is 0.00556. The van der Waals surface area contributed by atoms with Gasteiger partial charge in [-0.05, 0) is 67.6 Å². The van der Waals surface area contributed by atoms with Gasteiger partial charge >= 0.3 is 6.01 Å². The van der Waals surface area contributed by atoms with E-state index in [1.807, 2.05) is 56.3 Å². The number of carbonyl (C=O) groups excluding carboxylic acids is 1. The third-order valence-corrected chi connectivity index (χ3v) is 7.57. The van der Waals surface area contributed by atoms with Gasteiger partial charge in [0.2, 0.25) is 0 Å². The van der Waals surface area contributed by atoms with Gasteiger partial charge in [-0.2, -0.15) is 10.1 Å². The first-order chi connectivity index (χ1) is 20.1. The van der Waals surface area contributed by atoms with E-state index in [1.165, 1.54) is 0 Å². The lowest BCUT2D eigenvalue weighted by atomic mass is 9.86. The van der Waals surface area contributed by atoms with Crippen LogP contribution >= 0.6 is 0 Å².